The quantitative estimate of drug-likeness (QED) is 0.277. The number of rotatable bonds is 11. The highest BCUT2D eigenvalue weighted by atomic mass is 16.3. The molecule has 2 N–H and O–H groups in total. The fourth-order valence-electron chi connectivity index (χ4n) is 4.78. The van der Waals surface area contributed by atoms with Gasteiger partial charge < -0.3 is 10.1 Å². The van der Waals surface area contributed by atoms with Crippen molar-refractivity contribution in [2.75, 3.05) is 6.61 Å². The number of Topliss-reactive ketones (excluding diaryl/α,β-unsaturated/α-hetero) is 1. The molecule has 7 heteroatoms. The van der Waals surface area contributed by atoms with E-state index < -0.39 is 0 Å². The number of aromatic nitrogens is 4. The molecule has 38 heavy (non-hydrogen) atoms. The number of hydrogen-bond donors (Lipinski definition) is 2. The normalized spacial score (nSPS) is 12.0. The zero-order valence-corrected chi connectivity index (χ0v) is 21.1. The molecule has 192 valence electrons. The van der Waals surface area contributed by atoms with Gasteiger partial charge in [0.05, 0.1) is 18.4 Å². The van der Waals surface area contributed by atoms with Crippen LogP contribution in [0.3, 0.4) is 0 Å². The first kappa shape index (κ1) is 25.3. The average molecular weight is 507 g/mol. The van der Waals surface area contributed by atoms with Crippen LogP contribution in [0.1, 0.15) is 23.4 Å². The molecule has 0 bridgehead atoms. The van der Waals surface area contributed by atoms with Crippen LogP contribution in [0.2, 0.25) is 0 Å². The minimum atomic E-state index is -0.289. The SMILES string of the molecule is O=C(CCc1cc2cnccc2[nH]1)Cn1c(-c2ccccc2)cnc(CC(CO)Cc2ccccc2)c1=O. The summed E-state index contributed by atoms with van der Waals surface area (Å²) in [6.45, 7) is -0.0990. The summed E-state index contributed by atoms with van der Waals surface area (Å²) in [5.41, 5.74) is 4.53. The molecule has 5 aromatic rings. The van der Waals surface area contributed by atoms with E-state index in [1.807, 2.05) is 72.8 Å². The van der Waals surface area contributed by atoms with Crippen LogP contribution >= 0.6 is 0 Å². The third-order valence-corrected chi connectivity index (χ3v) is 6.79. The molecule has 0 aliphatic carbocycles. The number of H-pyrrole nitrogens is 1. The van der Waals surface area contributed by atoms with Crippen molar-refractivity contribution < 1.29 is 9.90 Å². The van der Waals surface area contributed by atoms with Gasteiger partial charge in [0.1, 0.15) is 5.69 Å². The smallest absolute Gasteiger partial charge is 0.273 e. The van der Waals surface area contributed by atoms with Crippen molar-refractivity contribution in [1.82, 2.24) is 19.5 Å². The van der Waals surface area contributed by atoms with E-state index in [0.717, 1.165) is 27.7 Å². The second-order valence-electron chi connectivity index (χ2n) is 9.59. The molecule has 0 amide bonds. The van der Waals surface area contributed by atoms with Gasteiger partial charge in [0, 0.05) is 48.4 Å². The molecule has 2 aromatic carbocycles. The number of aliphatic hydroxyl groups excluding tert-OH is 1. The highest BCUT2D eigenvalue weighted by Gasteiger charge is 2.19. The van der Waals surface area contributed by atoms with Crippen molar-refractivity contribution in [3.8, 4) is 11.3 Å². The van der Waals surface area contributed by atoms with Crippen LogP contribution in [-0.4, -0.2) is 37.0 Å². The molecule has 0 saturated heterocycles. The van der Waals surface area contributed by atoms with E-state index in [1.165, 1.54) is 4.57 Å². The maximum absolute atomic E-state index is 13.6. The molecule has 0 radical (unpaired) electrons. The van der Waals surface area contributed by atoms with Gasteiger partial charge in [-0.3, -0.25) is 24.1 Å². The molecular weight excluding hydrogens is 476 g/mol. The number of nitrogens with one attached hydrogen (secondary N) is 1. The molecule has 7 nitrogen and oxygen atoms in total. The van der Waals surface area contributed by atoms with Crippen LogP contribution in [0.25, 0.3) is 22.2 Å². The Kier molecular flexibility index (Phi) is 7.85. The van der Waals surface area contributed by atoms with Crippen molar-refractivity contribution in [3.63, 3.8) is 0 Å². The summed E-state index contributed by atoms with van der Waals surface area (Å²) in [6.07, 6.45) is 7.00. The van der Waals surface area contributed by atoms with E-state index >= 15 is 0 Å². The number of hydrogen-bond acceptors (Lipinski definition) is 5. The molecule has 3 heterocycles. The second kappa shape index (κ2) is 11.8. The fraction of sp³-hybridized carbons (Fsp3) is 0.226. The van der Waals surface area contributed by atoms with Crippen LogP contribution < -0.4 is 5.56 Å². The van der Waals surface area contributed by atoms with E-state index in [4.69, 9.17) is 0 Å². The summed E-state index contributed by atoms with van der Waals surface area (Å²) in [5, 5.41) is 11.0. The summed E-state index contributed by atoms with van der Waals surface area (Å²) >= 11 is 0. The summed E-state index contributed by atoms with van der Waals surface area (Å²) < 4.78 is 1.53. The van der Waals surface area contributed by atoms with Gasteiger partial charge in [0.15, 0.2) is 5.78 Å². The van der Waals surface area contributed by atoms with Crippen molar-refractivity contribution >= 4 is 16.7 Å². The van der Waals surface area contributed by atoms with Gasteiger partial charge in [0.25, 0.3) is 5.56 Å². The number of carbonyl (C=O) groups excluding carboxylic acids is 1. The van der Waals surface area contributed by atoms with E-state index in [0.29, 0.717) is 37.1 Å². The van der Waals surface area contributed by atoms with Gasteiger partial charge in [0.2, 0.25) is 0 Å². The number of aromatic amines is 1. The van der Waals surface area contributed by atoms with E-state index in [9.17, 15) is 14.7 Å². The third-order valence-electron chi connectivity index (χ3n) is 6.79. The topological polar surface area (TPSA) is 101 Å². The number of carbonyl (C=O) groups is 1. The third kappa shape index (κ3) is 5.95. The zero-order valence-electron chi connectivity index (χ0n) is 21.1. The Balaban J connectivity index is 1.37. The maximum atomic E-state index is 13.6. The summed E-state index contributed by atoms with van der Waals surface area (Å²) in [5.74, 6) is -0.193. The molecule has 0 aliphatic heterocycles. The lowest BCUT2D eigenvalue weighted by Gasteiger charge is -2.17. The second-order valence-corrected chi connectivity index (χ2v) is 9.59. The molecular formula is C31H30N4O3. The first-order valence-corrected chi connectivity index (χ1v) is 12.8. The van der Waals surface area contributed by atoms with Gasteiger partial charge >= 0.3 is 0 Å². The molecule has 0 spiro atoms. The van der Waals surface area contributed by atoms with Gasteiger partial charge in [-0.05, 0) is 42.0 Å². The number of aryl methyl sites for hydroxylation is 1. The van der Waals surface area contributed by atoms with Crippen molar-refractivity contribution in [2.24, 2.45) is 5.92 Å². The first-order chi connectivity index (χ1) is 18.6. The van der Waals surface area contributed by atoms with Crippen LogP contribution in [0.4, 0.5) is 0 Å². The van der Waals surface area contributed by atoms with Gasteiger partial charge in [-0.1, -0.05) is 60.7 Å². The standard InChI is InChI=1S/C31H30N4O3/c36-21-23(15-22-7-3-1-4-8-22)16-29-31(38)35(30(19-33-29)24-9-5-2-6-10-24)20-27(37)12-11-26-17-25-18-32-14-13-28(25)34-26/h1-10,13-14,17-19,23,34,36H,11-12,15-16,20-21H2. The van der Waals surface area contributed by atoms with Gasteiger partial charge in [-0.25, -0.2) is 0 Å². The van der Waals surface area contributed by atoms with Crippen LogP contribution in [0, 0.1) is 5.92 Å². The van der Waals surface area contributed by atoms with Crippen LogP contribution in [-0.2, 0) is 30.6 Å². The molecule has 1 atom stereocenters. The van der Waals surface area contributed by atoms with Crippen molar-refractivity contribution in [2.45, 2.75) is 32.2 Å². The lowest BCUT2D eigenvalue weighted by Crippen LogP contribution is -2.31. The molecule has 0 saturated carbocycles. The minimum Gasteiger partial charge on any atom is -0.396 e. The lowest BCUT2D eigenvalue weighted by atomic mass is 9.95. The Labute approximate surface area is 220 Å². The highest BCUT2D eigenvalue weighted by Crippen LogP contribution is 2.19. The monoisotopic (exact) mass is 506 g/mol. The predicted molar refractivity (Wildman–Crippen MR) is 148 cm³/mol. The Morgan fingerprint density at radius 2 is 1.74 bits per heavy atom. The summed E-state index contributed by atoms with van der Waals surface area (Å²) in [7, 11) is 0. The van der Waals surface area contributed by atoms with Gasteiger partial charge in [-0.2, -0.15) is 0 Å². The van der Waals surface area contributed by atoms with Crippen LogP contribution in [0.15, 0.2) is 96.2 Å². The van der Waals surface area contributed by atoms with Crippen LogP contribution in [0.5, 0.6) is 0 Å². The van der Waals surface area contributed by atoms with E-state index in [1.54, 1.807) is 18.6 Å². The largest absolute Gasteiger partial charge is 0.396 e. The first-order valence-electron chi connectivity index (χ1n) is 12.8. The molecule has 5 rings (SSSR count). The Hall–Kier alpha value is -4.36. The van der Waals surface area contributed by atoms with Gasteiger partial charge in [-0.15, -0.1) is 0 Å². The van der Waals surface area contributed by atoms with Crippen molar-refractivity contribution in [1.29, 1.82) is 0 Å². The average Bonchev–Trinajstić information content (AvgIpc) is 3.38. The molecule has 0 fully saturated rings. The number of fused-ring (bicyclic) bond motifs is 1. The van der Waals surface area contributed by atoms with E-state index in [2.05, 4.69) is 15.0 Å². The Morgan fingerprint density at radius 1 is 0.974 bits per heavy atom. The fourth-order valence-corrected chi connectivity index (χ4v) is 4.78. The number of aliphatic hydroxyl groups is 1. The number of ketones is 1. The lowest BCUT2D eigenvalue weighted by molar-refractivity contribution is -0.119. The van der Waals surface area contributed by atoms with E-state index in [-0.39, 0.29) is 30.4 Å². The molecule has 3 aromatic heterocycles. The minimum absolute atomic E-state index is 0.0388. The highest BCUT2D eigenvalue weighted by molar-refractivity contribution is 5.81. The number of nitrogens with zero attached hydrogens (tertiary/aromatic N) is 3. The predicted octanol–water partition coefficient (Wildman–Crippen LogP) is 4.38. The zero-order chi connectivity index (χ0) is 26.3. The van der Waals surface area contributed by atoms with Crippen molar-refractivity contribution in [3.05, 3.63) is 119 Å². The Bertz CT molecular complexity index is 1540. The Morgan fingerprint density at radius 3 is 2.47 bits per heavy atom. The maximum Gasteiger partial charge on any atom is 0.273 e. The molecule has 1 unspecified atom stereocenters. The summed E-state index contributed by atoms with van der Waals surface area (Å²) in [6, 6.07) is 23.3. The number of benzene rings is 2. The summed E-state index contributed by atoms with van der Waals surface area (Å²) in [4.78, 5) is 38.7. The number of pyridine rings is 1. The molecule has 0 aliphatic rings.